The predicted molar refractivity (Wildman–Crippen MR) is 49.3 cm³/mol. The number of rotatable bonds is 0. The summed E-state index contributed by atoms with van der Waals surface area (Å²) in [5.74, 6) is 0. The van der Waals surface area contributed by atoms with E-state index in [2.05, 4.69) is 34.4 Å². The van der Waals surface area contributed by atoms with Crippen molar-refractivity contribution in [3.8, 4) is 0 Å². The van der Waals surface area contributed by atoms with Crippen molar-refractivity contribution in [1.82, 2.24) is 0 Å². The number of hydrogen-bond acceptors (Lipinski definition) is 3. The summed E-state index contributed by atoms with van der Waals surface area (Å²) in [6.45, 7) is 0. The van der Waals surface area contributed by atoms with Crippen molar-refractivity contribution in [3.05, 3.63) is 0 Å². The molecule has 9 nitrogen and oxygen atoms in total. The van der Waals surface area contributed by atoms with Crippen molar-refractivity contribution < 1.29 is 17.2 Å². The fourth-order valence-electron chi connectivity index (χ4n) is 0. The minimum atomic E-state index is -0.833. The summed E-state index contributed by atoms with van der Waals surface area (Å²) in [5, 5.41) is 0. The second-order valence-corrected chi connectivity index (χ2v) is 1.21. The number of hydrogen-bond donors (Lipinski definition) is 6. The molecule has 0 atom stereocenters. The number of amides is 6. The maximum absolute atomic E-state index is 9.00. The molecule has 0 saturated carbocycles. The molecule has 13 heavy (non-hydrogen) atoms. The Morgan fingerprint density at radius 1 is 0.615 bits per heavy atom. The third kappa shape index (κ3) is 384. The quantitative estimate of drug-likeness (QED) is 0.228. The van der Waals surface area contributed by atoms with Gasteiger partial charge in [-0.2, -0.15) is 0 Å². The van der Waals surface area contributed by atoms with Crippen LogP contribution in [0.2, 0.25) is 0 Å². The first-order chi connectivity index (χ1) is 5.20. The zero-order chi connectivity index (χ0) is 10.7. The van der Waals surface area contributed by atoms with Gasteiger partial charge in [-0.1, -0.05) is 0 Å². The molecule has 0 aliphatic rings. The van der Waals surface area contributed by atoms with E-state index < -0.39 is 18.1 Å². The SMILES string of the molecule is NC(N)=O.NC(N)=O.NC(N)=O.[H-].[H-].[Mg+2]. The Labute approximate surface area is 93.2 Å². The summed E-state index contributed by atoms with van der Waals surface area (Å²) < 4.78 is 0. The molecule has 76 valence electrons. The molecule has 0 aromatic carbocycles. The Morgan fingerprint density at radius 2 is 0.615 bits per heavy atom. The predicted octanol–water partition coefficient (Wildman–Crippen LogP) is -3.08. The molecular formula is C3H14MgN6O3. The van der Waals surface area contributed by atoms with E-state index in [1.807, 2.05) is 0 Å². The van der Waals surface area contributed by atoms with E-state index in [1.165, 1.54) is 0 Å². The molecule has 0 rings (SSSR count). The van der Waals surface area contributed by atoms with Crippen molar-refractivity contribution in [2.24, 2.45) is 34.4 Å². The number of carbonyl (C=O) groups is 3. The molecule has 0 bridgehead atoms. The fourth-order valence-corrected chi connectivity index (χ4v) is 0. The van der Waals surface area contributed by atoms with Gasteiger partial charge in [-0.25, -0.2) is 14.4 Å². The molecule has 0 spiro atoms. The van der Waals surface area contributed by atoms with Crippen LogP contribution in [-0.2, 0) is 0 Å². The van der Waals surface area contributed by atoms with E-state index in [1.54, 1.807) is 0 Å². The van der Waals surface area contributed by atoms with Gasteiger partial charge in [-0.05, 0) is 0 Å². The molecule has 0 fully saturated rings. The smallest absolute Gasteiger partial charge is 1.00 e. The molecule has 12 N–H and O–H groups in total. The fraction of sp³-hybridized carbons (Fsp3) is 0. The van der Waals surface area contributed by atoms with Crippen LogP contribution >= 0.6 is 0 Å². The zero-order valence-electron chi connectivity index (χ0n) is 8.90. The van der Waals surface area contributed by atoms with E-state index in [0.717, 1.165) is 0 Å². The zero-order valence-corrected chi connectivity index (χ0v) is 8.31. The topological polar surface area (TPSA) is 207 Å². The van der Waals surface area contributed by atoms with Crippen LogP contribution in [0.5, 0.6) is 0 Å². The Hall–Kier alpha value is -1.42. The van der Waals surface area contributed by atoms with E-state index in [4.69, 9.17) is 14.4 Å². The van der Waals surface area contributed by atoms with Gasteiger partial charge in [0.15, 0.2) is 0 Å². The number of nitrogens with two attached hydrogens (primary N) is 6. The second-order valence-electron chi connectivity index (χ2n) is 1.21. The van der Waals surface area contributed by atoms with Crippen molar-refractivity contribution in [2.45, 2.75) is 0 Å². The molecule has 0 unspecified atom stereocenters. The summed E-state index contributed by atoms with van der Waals surface area (Å²) in [4.78, 5) is 27.0. The molecule has 0 aliphatic carbocycles. The molecule has 0 aromatic heterocycles. The minimum Gasteiger partial charge on any atom is -1.00 e. The van der Waals surface area contributed by atoms with Crippen molar-refractivity contribution in [1.29, 1.82) is 0 Å². The average Bonchev–Trinajstić information content (AvgIpc) is 1.54. The van der Waals surface area contributed by atoms with E-state index in [0.29, 0.717) is 0 Å². The monoisotopic (exact) mass is 206 g/mol. The van der Waals surface area contributed by atoms with E-state index >= 15 is 0 Å². The van der Waals surface area contributed by atoms with Gasteiger partial charge in [-0.3, -0.25) is 0 Å². The van der Waals surface area contributed by atoms with Gasteiger partial charge in [0, 0.05) is 0 Å². The van der Waals surface area contributed by atoms with Crippen LogP contribution in [0, 0.1) is 0 Å². The maximum Gasteiger partial charge on any atom is 2.00 e. The Morgan fingerprint density at radius 3 is 0.615 bits per heavy atom. The Balaban J connectivity index is -0.0000000184. The van der Waals surface area contributed by atoms with Gasteiger partial charge in [0.25, 0.3) is 0 Å². The Bertz CT molecular complexity index is 129. The minimum absolute atomic E-state index is 0. The number of primary amides is 6. The van der Waals surface area contributed by atoms with Crippen LogP contribution in [-0.4, -0.2) is 41.1 Å². The molecule has 0 aromatic rings. The summed E-state index contributed by atoms with van der Waals surface area (Å²) >= 11 is 0. The Kier molecular flexibility index (Phi) is 29.3. The van der Waals surface area contributed by atoms with Crippen LogP contribution < -0.4 is 34.4 Å². The van der Waals surface area contributed by atoms with Gasteiger partial charge in [0.2, 0.25) is 0 Å². The first-order valence-corrected chi connectivity index (χ1v) is 2.34. The molecule has 0 aliphatic heterocycles. The first-order valence-electron chi connectivity index (χ1n) is 2.34. The van der Waals surface area contributed by atoms with Crippen LogP contribution in [0.4, 0.5) is 14.4 Å². The van der Waals surface area contributed by atoms with Gasteiger partial charge in [-0.15, -0.1) is 0 Å². The third-order valence-corrected chi connectivity index (χ3v) is 0. The van der Waals surface area contributed by atoms with Gasteiger partial charge in [0.1, 0.15) is 0 Å². The summed E-state index contributed by atoms with van der Waals surface area (Å²) in [5.41, 5.74) is 25.5. The van der Waals surface area contributed by atoms with Crippen LogP contribution in [0.1, 0.15) is 2.85 Å². The molecule has 0 heterocycles. The number of carbonyl (C=O) groups excluding carboxylic acids is 3. The van der Waals surface area contributed by atoms with Crippen LogP contribution in [0.15, 0.2) is 0 Å². The molecule has 6 amide bonds. The largest absolute Gasteiger partial charge is 2.00 e. The van der Waals surface area contributed by atoms with Crippen molar-refractivity contribution >= 4 is 41.1 Å². The van der Waals surface area contributed by atoms with Gasteiger partial charge < -0.3 is 37.3 Å². The standard InChI is InChI=1S/3CH4N2O.Mg.2H/c3*2-1(3)4;;;/h3*(H4,2,3,4);;;/q;;;+2;2*-1. The van der Waals surface area contributed by atoms with Crippen LogP contribution in [0.25, 0.3) is 0 Å². The summed E-state index contributed by atoms with van der Waals surface area (Å²) in [7, 11) is 0. The molecular weight excluding hydrogens is 192 g/mol. The van der Waals surface area contributed by atoms with Crippen molar-refractivity contribution in [3.63, 3.8) is 0 Å². The maximum atomic E-state index is 9.00. The average molecular weight is 206 g/mol. The van der Waals surface area contributed by atoms with Crippen molar-refractivity contribution in [2.75, 3.05) is 0 Å². The second kappa shape index (κ2) is 16.9. The first kappa shape index (κ1) is 22.6. The van der Waals surface area contributed by atoms with E-state index in [-0.39, 0.29) is 25.9 Å². The normalized spacial score (nSPS) is 5.54. The third-order valence-electron chi connectivity index (χ3n) is 0. The number of urea groups is 3. The molecule has 0 saturated heterocycles. The van der Waals surface area contributed by atoms with Crippen LogP contribution in [0.3, 0.4) is 0 Å². The van der Waals surface area contributed by atoms with E-state index in [9.17, 15) is 0 Å². The molecule has 0 radical (unpaired) electrons. The summed E-state index contributed by atoms with van der Waals surface area (Å²) in [6, 6.07) is -2.50. The van der Waals surface area contributed by atoms with Gasteiger partial charge in [0.05, 0.1) is 0 Å². The van der Waals surface area contributed by atoms with Gasteiger partial charge >= 0.3 is 41.1 Å². The molecule has 10 heteroatoms. The summed E-state index contributed by atoms with van der Waals surface area (Å²) in [6.07, 6.45) is 0.